The van der Waals surface area contributed by atoms with Crippen LogP contribution in [0.5, 0.6) is 0 Å². The van der Waals surface area contributed by atoms with Crippen molar-refractivity contribution in [2.24, 2.45) is 5.73 Å². The molecule has 2 rings (SSSR count). The van der Waals surface area contributed by atoms with Gasteiger partial charge in [-0.2, -0.15) is 0 Å². The Balaban J connectivity index is 2.42. The maximum atomic E-state index is 6.34. The monoisotopic (exact) mass is 267 g/mol. The molecule has 0 saturated carbocycles. The summed E-state index contributed by atoms with van der Waals surface area (Å²) in [5, 5.41) is 6.32. The molecule has 0 fully saturated rings. The van der Waals surface area contributed by atoms with Gasteiger partial charge in [0.1, 0.15) is 0 Å². The minimum Gasteiger partial charge on any atom is -0.319 e. The second-order valence-electron chi connectivity index (χ2n) is 5.18. The lowest BCUT2D eigenvalue weighted by molar-refractivity contribution is 0.557. The van der Waals surface area contributed by atoms with Crippen LogP contribution in [0.25, 0.3) is 0 Å². The molecule has 0 amide bonds. The van der Waals surface area contributed by atoms with Gasteiger partial charge in [-0.25, -0.2) is 0 Å². The Hall–Kier alpha value is -0.780. The third-order valence-corrected chi connectivity index (χ3v) is 4.60. The first kappa shape index (κ1) is 12.7. The zero-order valence-electron chi connectivity index (χ0n) is 10.5. The zero-order chi connectivity index (χ0) is 12.6. The van der Waals surface area contributed by atoms with Crippen LogP contribution in [-0.4, -0.2) is 9.59 Å². The largest absolute Gasteiger partial charge is 0.319 e. The van der Waals surface area contributed by atoms with E-state index >= 15 is 0 Å². The van der Waals surface area contributed by atoms with E-state index < -0.39 is 0 Å². The van der Waals surface area contributed by atoms with E-state index in [1.807, 2.05) is 0 Å². The normalized spacial score (nSPS) is 13.9. The highest BCUT2D eigenvalue weighted by molar-refractivity contribution is 7.10. The van der Waals surface area contributed by atoms with Crippen LogP contribution >= 0.6 is 22.9 Å². The van der Waals surface area contributed by atoms with Gasteiger partial charge in [-0.05, 0) is 35.5 Å². The van der Waals surface area contributed by atoms with Crippen LogP contribution in [0.15, 0.2) is 11.4 Å². The molecule has 2 aromatic heterocycles. The predicted molar refractivity (Wildman–Crippen MR) is 73.7 cm³/mol. The number of hydrogen-bond acceptors (Lipinski definition) is 5. The summed E-state index contributed by atoms with van der Waals surface area (Å²) in [6, 6.07) is 2.01. The van der Waals surface area contributed by atoms with Crippen LogP contribution < -0.4 is 5.73 Å². The molecule has 1 unspecified atom stereocenters. The maximum absolute atomic E-state index is 6.34. The number of hydrogen-bond donors (Lipinski definition) is 1. The van der Waals surface area contributed by atoms with Crippen LogP contribution in [-0.2, 0) is 5.41 Å². The summed E-state index contributed by atoms with van der Waals surface area (Å²) in [6.45, 7) is 8.51. The fourth-order valence-electron chi connectivity index (χ4n) is 1.74. The first-order valence-electron chi connectivity index (χ1n) is 5.53. The summed E-state index contributed by atoms with van der Waals surface area (Å²) < 4.78 is 4.07. The van der Waals surface area contributed by atoms with Gasteiger partial charge in [-0.3, -0.25) is 0 Å². The molecule has 0 aliphatic rings. The smallest absolute Gasteiger partial charge is 0.0860 e. The summed E-state index contributed by atoms with van der Waals surface area (Å²) in [7, 11) is 0. The molecule has 0 aliphatic carbocycles. The van der Waals surface area contributed by atoms with Crippen LogP contribution in [0.3, 0.4) is 0 Å². The number of nitrogens with zero attached hydrogens (tertiary/aromatic N) is 2. The summed E-state index contributed by atoms with van der Waals surface area (Å²) in [4.78, 5) is 2.30. The molecule has 1 atom stereocenters. The van der Waals surface area contributed by atoms with E-state index in [4.69, 9.17) is 5.73 Å². The van der Waals surface area contributed by atoms with Gasteiger partial charge in [0.05, 0.1) is 16.6 Å². The summed E-state index contributed by atoms with van der Waals surface area (Å²) in [5.74, 6) is 0. The van der Waals surface area contributed by atoms with Crippen molar-refractivity contribution in [1.29, 1.82) is 0 Å². The van der Waals surface area contributed by atoms with Gasteiger partial charge in [0.2, 0.25) is 0 Å². The van der Waals surface area contributed by atoms with Crippen molar-refractivity contribution in [1.82, 2.24) is 9.59 Å². The van der Waals surface area contributed by atoms with Crippen LogP contribution in [0.4, 0.5) is 0 Å². The molecule has 0 aliphatic heterocycles. The van der Waals surface area contributed by atoms with Gasteiger partial charge >= 0.3 is 0 Å². The van der Waals surface area contributed by atoms with Gasteiger partial charge < -0.3 is 5.73 Å². The van der Waals surface area contributed by atoms with E-state index in [2.05, 4.69) is 48.7 Å². The summed E-state index contributed by atoms with van der Waals surface area (Å²) in [5.41, 5.74) is 8.60. The number of aromatic nitrogens is 2. The number of nitrogens with two attached hydrogens (primary N) is 1. The van der Waals surface area contributed by atoms with Crippen molar-refractivity contribution >= 4 is 22.9 Å². The van der Waals surface area contributed by atoms with Gasteiger partial charge in [0.15, 0.2) is 0 Å². The van der Waals surface area contributed by atoms with Crippen molar-refractivity contribution in [3.8, 4) is 0 Å². The number of thiophene rings is 1. The highest BCUT2D eigenvalue weighted by Gasteiger charge is 2.27. The Morgan fingerprint density at radius 2 is 2.00 bits per heavy atom. The van der Waals surface area contributed by atoms with Gasteiger partial charge in [0, 0.05) is 10.3 Å². The Morgan fingerprint density at radius 1 is 1.29 bits per heavy atom. The van der Waals surface area contributed by atoms with Crippen molar-refractivity contribution in [2.75, 3.05) is 0 Å². The highest BCUT2D eigenvalue weighted by atomic mass is 32.1. The second kappa shape index (κ2) is 4.48. The molecule has 0 saturated heterocycles. The SMILES string of the molecule is Cc1ccsc1C(N)c1snnc1C(C)(C)C. The molecule has 0 aromatic carbocycles. The third kappa shape index (κ3) is 2.41. The maximum Gasteiger partial charge on any atom is 0.0860 e. The molecule has 2 aromatic rings. The predicted octanol–water partition coefficient (Wildman–Crippen LogP) is 3.25. The van der Waals surface area contributed by atoms with Crippen molar-refractivity contribution in [2.45, 2.75) is 39.2 Å². The Bertz CT molecular complexity index is 508. The Labute approximate surface area is 110 Å². The van der Waals surface area contributed by atoms with E-state index in [1.54, 1.807) is 11.3 Å². The molecule has 0 spiro atoms. The van der Waals surface area contributed by atoms with Gasteiger partial charge in [-0.1, -0.05) is 25.3 Å². The van der Waals surface area contributed by atoms with E-state index in [1.165, 1.54) is 22.0 Å². The standard InChI is InChI=1S/C12H17N3S2/c1-7-5-6-16-9(7)8(13)10-11(12(2,3)4)14-15-17-10/h5-6,8H,13H2,1-4H3. The molecule has 2 heterocycles. The molecule has 5 heteroatoms. The molecule has 0 bridgehead atoms. The first-order valence-corrected chi connectivity index (χ1v) is 7.19. The zero-order valence-corrected chi connectivity index (χ0v) is 12.2. The Kier molecular flexibility index (Phi) is 3.34. The lowest BCUT2D eigenvalue weighted by Gasteiger charge is -2.19. The van der Waals surface area contributed by atoms with Crippen molar-refractivity contribution in [3.05, 3.63) is 32.5 Å². The lowest BCUT2D eigenvalue weighted by Crippen LogP contribution is -2.19. The lowest BCUT2D eigenvalue weighted by atomic mass is 9.90. The van der Waals surface area contributed by atoms with Gasteiger partial charge in [-0.15, -0.1) is 16.4 Å². The number of rotatable bonds is 2. The fraction of sp³-hybridized carbons (Fsp3) is 0.500. The average molecular weight is 267 g/mol. The Morgan fingerprint density at radius 3 is 2.53 bits per heavy atom. The first-order chi connectivity index (χ1) is 7.91. The minimum atomic E-state index is -0.0933. The van der Waals surface area contributed by atoms with E-state index in [-0.39, 0.29) is 11.5 Å². The molecule has 2 N–H and O–H groups in total. The molecule has 3 nitrogen and oxygen atoms in total. The molecular weight excluding hydrogens is 250 g/mol. The van der Waals surface area contributed by atoms with Crippen molar-refractivity contribution in [3.63, 3.8) is 0 Å². The third-order valence-electron chi connectivity index (χ3n) is 2.69. The molecular formula is C12H17N3S2. The van der Waals surface area contributed by atoms with Crippen molar-refractivity contribution < 1.29 is 0 Å². The summed E-state index contributed by atoms with van der Waals surface area (Å²) >= 11 is 3.11. The van der Waals surface area contributed by atoms with E-state index in [0.29, 0.717) is 0 Å². The molecule has 92 valence electrons. The average Bonchev–Trinajstić information content (AvgIpc) is 2.82. The topological polar surface area (TPSA) is 51.8 Å². The van der Waals surface area contributed by atoms with Crippen LogP contribution in [0, 0.1) is 6.92 Å². The van der Waals surface area contributed by atoms with Crippen LogP contribution in [0.2, 0.25) is 0 Å². The number of aryl methyl sites for hydroxylation is 1. The highest BCUT2D eigenvalue weighted by Crippen LogP contribution is 2.35. The minimum absolute atomic E-state index is 0.00881. The van der Waals surface area contributed by atoms with Gasteiger partial charge in [0.25, 0.3) is 0 Å². The molecule has 17 heavy (non-hydrogen) atoms. The van der Waals surface area contributed by atoms with E-state index in [0.717, 1.165) is 10.6 Å². The quantitative estimate of drug-likeness (QED) is 0.908. The van der Waals surface area contributed by atoms with Crippen LogP contribution in [0.1, 0.15) is 47.8 Å². The molecule has 0 radical (unpaired) electrons. The summed E-state index contributed by atoms with van der Waals surface area (Å²) in [6.07, 6.45) is 0. The van der Waals surface area contributed by atoms with E-state index in [9.17, 15) is 0 Å². The fourth-order valence-corrected chi connectivity index (χ4v) is 3.63. The second-order valence-corrected chi connectivity index (χ2v) is 6.91.